The number of amides is 2. The van der Waals surface area contributed by atoms with Gasteiger partial charge in [0, 0.05) is 6.42 Å². The van der Waals surface area contributed by atoms with E-state index in [0.29, 0.717) is 6.42 Å². The van der Waals surface area contributed by atoms with Crippen LogP contribution in [0.3, 0.4) is 0 Å². The molecule has 1 aromatic carbocycles. The van der Waals surface area contributed by atoms with Crippen LogP contribution in [0.25, 0.3) is 0 Å². The van der Waals surface area contributed by atoms with Gasteiger partial charge in [-0.3, -0.25) is 4.79 Å². The van der Waals surface area contributed by atoms with E-state index in [1.165, 1.54) is 4.90 Å². The number of rotatable bonds is 5. The highest BCUT2D eigenvalue weighted by Crippen LogP contribution is 2.39. The van der Waals surface area contributed by atoms with Crippen LogP contribution in [-0.4, -0.2) is 43.7 Å². The third-order valence-corrected chi connectivity index (χ3v) is 5.84. The Balaban J connectivity index is 2.44. The maximum atomic E-state index is 13.0. The van der Waals surface area contributed by atoms with Gasteiger partial charge in [0.15, 0.2) is 9.04 Å². The molecule has 0 spiro atoms. The molecule has 0 aromatic heterocycles. The second-order valence-electron chi connectivity index (χ2n) is 10.4. The SMILES string of the molecule is C[SiH](C)OC(C1C(Cc2ccccc2)CC(=O)N1C(=O)OC(C)(C)C)C(C)(C)C. The third kappa shape index (κ3) is 6.41. The molecule has 0 bridgehead atoms. The molecule has 1 aliphatic heterocycles. The molecule has 2 amide bonds. The fourth-order valence-electron chi connectivity index (χ4n) is 3.94. The van der Waals surface area contributed by atoms with Gasteiger partial charge in [-0.05, 0) is 57.2 Å². The standard InChI is InChI=1S/C23H37NO4Si/c1-22(2,3)20(28-29(7)8)19-17(14-16-12-10-9-11-13-16)15-18(25)24(19)21(26)27-23(4,5)6/h9-13,17,19-20,29H,14-15H2,1-8H3. The van der Waals surface area contributed by atoms with Crippen LogP contribution in [-0.2, 0) is 20.4 Å². The summed E-state index contributed by atoms with van der Waals surface area (Å²) in [6, 6.07) is 9.80. The van der Waals surface area contributed by atoms with E-state index in [-0.39, 0.29) is 29.4 Å². The smallest absolute Gasteiger partial charge is 0.417 e. The molecule has 0 saturated carbocycles. The summed E-state index contributed by atoms with van der Waals surface area (Å²) >= 11 is 0. The van der Waals surface area contributed by atoms with E-state index in [1.807, 2.05) is 39.0 Å². The molecule has 3 unspecified atom stereocenters. The van der Waals surface area contributed by atoms with Gasteiger partial charge in [0.1, 0.15) is 5.60 Å². The van der Waals surface area contributed by atoms with Crippen molar-refractivity contribution in [2.45, 2.75) is 85.2 Å². The summed E-state index contributed by atoms with van der Waals surface area (Å²) in [6.07, 6.45) is 0.258. The van der Waals surface area contributed by atoms with Gasteiger partial charge in [-0.25, -0.2) is 9.69 Å². The van der Waals surface area contributed by atoms with Crippen LogP contribution in [0.4, 0.5) is 4.79 Å². The summed E-state index contributed by atoms with van der Waals surface area (Å²) in [4.78, 5) is 27.4. The average molecular weight is 420 g/mol. The largest absolute Gasteiger partial charge is 0.443 e. The van der Waals surface area contributed by atoms with Crippen LogP contribution in [0.2, 0.25) is 13.1 Å². The number of nitrogens with zero attached hydrogens (tertiary/aromatic N) is 1. The van der Waals surface area contributed by atoms with Crippen molar-refractivity contribution in [3.05, 3.63) is 35.9 Å². The Kier molecular flexibility index (Phi) is 7.33. The molecule has 1 aromatic rings. The van der Waals surface area contributed by atoms with Crippen molar-refractivity contribution in [3.8, 4) is 0 Å². The van der Waals surface area contributed by atoms with Crippen LogP contribution >= 0.6 is 0 Å². The zero-order valence-electron chi connectivity index (χ0n) is 19.2. The Morgan fingerprint density at radius 1 is 1.14 bits per heavy atom. The number of benzene rings is 1. The lowest BCUT2D eigenvalue weighted by atomic mass is 9.78. The van der Waals surface area contributed by atoms with E-state index in [9.17, 15) is 9.59 Å². The molecule has 1 fully saturated rings. The fourth-order valence-corrected chi connectivity index (χ4v) is 5.09. The summed E-state index contributed by atoms with van der Waals surface area (Å²) in [7, 11) is -1.41. The molecule has 2 rings (SSSR count). The molecule has 0 N–H and O–H groups in total. The van der Waals surface area contributed by atoms with E-state index in [2.05, 4.69) is 46.0 Å². The first-order valence-corrected chi connectivity index (χ1v) is 13.3. The highest BCUT2D eigenvalue weighted by molar-refractivity contribution is 6.48. The molecule has 29 heavy (non-hydrogen) atoms. The molecule has 6 heteroatoms. The predicted octanol–water partition coefficient (Wildman–Crippen LogP) is 4.80. The van der Waals surface area contributed by atoms with Gasteiger partial charge in [0.2, 0.25) is 5.91 Å². The quantitative estimate of drug-likeness (QED) is 0.644. The monoisotopic (exact) mass is 419 g/mol. The van der Waals surface area contributed by atoms with Crippen molar-refractivity contribution >= 4 is 21.0 Å². The normalized spacial score (nSPS) is 21.6. The van der Waals surface area contributed by atoms with Crippen LogP contribution < -0.4 is 0 Å². The van der Waals surface area contributed by atoms with Crippen molar-refractivity contribution in [2.24, 2.45) is 11.3 Å². The molecule has 0 radical (unpaired) electrons. The van der Waals surface area contributed by atoms with Gasteiger partial charge < -0.3 is 9.16 Å². The summed E-state index contributed by atoms with van der Waals surface area (Å²) in [5.41, 5.74) is 0.280. The summed E-state index contributed by atoms with van der Waals surface area (Å²) in [5.74, 6) is -0.178. The van der Waals surface area contributed by atoms with Gasteiger partial charge in [-0.15, -0.1) is 0 Å². The van der Waals surface area contributed by atoms with E-state index < -0.39 is 20.7 Å². The Labute approximate surface area is 177 Å². The van der Waals surface area contributed by atoms with Gasteiger partial charge in [-0.2, -0.15) is 0 Å². The first-order chi connectivity index (χ1) is 13.3. The highest BCUT2D eigenvalue weighted by atomic mass is 28.3. The minimum Gasteiger partial charge on any atom is -0.443 e. The van der Waals surface area contributed by atoms with Gasteiger partial charge >= 0.3 is 6.09 Å². The predicted molar refractivity (Wildman–Crippen MR) is 118 cm³/mol. The molecular weight excluding hydrogens is 382 g/mol. The molecule has 162 valence electrons. The lowest BCUT2D eigenvalue weighted by Crippen LogP contribution is -2.54. The van der Waals surface area contributed by atoms with Crippen molar-refractivity contribution in [1.82, 2.24) is 4.90 Å². The number of likely N-dealkylation sites (tertiary alicyclic amines) is 1. The summed E-state index contributed by atoms with van der Waals surface area (Å²) in [6.45, 7) is 16.1. The van der Waals surface area contributed by atoms with Crippen molar-refractivity contribution in [2.75, 3.05) is 0 Å². The number of carbonyl (C=O) groups excluding carboxylic acids is 2. The van der Waals surface area contributed by atoms with Crippen LogP contribution in [0.15, 0.2) is 30.3 Å². The number of imide groups is 1. The number of ether oxygens (including phenoxy) is 1. The highest BCUT2D eigenvalue weighted by Gasteiger charge is 2.51. The average Bonchev–Trinajstić information content (AvgIpc) is 2.86. The Morgan fingerprint density at radius 3 is 2.21 bits per heavy atom. The first kappa shape index (κ1) is 23.6. The van der Waals surface area contributed by atoms with Gasteiger partial charge in [0.05, 0.1) is 12.1 Å². The summed E-state index contributed by atoms with van der Waals surface area (Å²) in [5, 5.41) is 0. The summed E-state index contributed by atoms with van der Waals surface area (Å²) < 4.78 is 12.1. The minimum absolute atomic E-state index is 0.00519. The number of carbonyl (C=O) groups is 2. The van der Waals surface area contributed by atoms with Gasteiger partial charge in [-0.1, -0.05) is 51.1 Å². The van der Waals surface area contributed by atoms with E-state index in [1.54, 1.807) is 0 Å². The van der Waals surface area contributed by atoms with Crippen molar-refractivity contribution < 1.29 is 18.8 Å². The Hall–Kier alpha value is -1.66. The first-order valence-electron chi connectivity index (χ1n) is 10.5. The fraction of sp³-hybridized carbons (Fsp3) is 0.652. The second kappa shape index (κ2) is 9.00. The molecule has 3 atom stereocenters. The maximum absolute atomic E-state index is 13.0. The molecule has 1 saturated heterocycles. The zero-order valence-corrected chi connectivity index (χ0v) is 20.3. The van der Waals surface area contributed by atoms with Crippen molar-refractivity contribution in [1.29, 1.82) is 0 Å². The van der Waals surface area contributed by atoms with E-state index in [0.717, 1.165) is 12.0 Å². The topological polar surface area (TPSA) is 55.8 Å². The Bertz CT molecular complexity index is 706. The Morgan fingerprint density at radius 2 is 1.72 bits per heavy atom. The van der Waals surface area contributed by atoms with Crippen molar-refractivity contribution in [3.63, 3.8) is 0 Å². The molecule has 1 heterocycles. The van der Waals surface area contributed by atoms with E-state index >= 15 is 0 Å². The maximum Gasteiger partial charge on any atom is 0.417 e. The third-order valence-electron chi connectivity index (χ3n) is 5.00. The zero-order chi connectivity index (χ0) is 22.0. The number of hydrogen-bond acceptors (Lipinski definition) is 4. The van der Waals surface area contributed by atoms with Crippen LogP contribution in [0.1, 0.15) is 53.5 Å². The lowest BCUT2D eigenvalue weighted by Gasteiger charge is -2.42. The minimum atomic E-state index is -1.41. The van der Waals surface area contributed by atoms with Crippen LogP contribution in [0.5, 0.6) is 0 Å². The van der Waals surface area contributed by atoms with E-state index in [4.69, 9.17) is 9.16 Å². The van der Waals surface area contributed by atoms with Crippen LogP contribution in [0, 0.1) is 11.3 Å². The molecule has 5 nitrogen and oxygen atoms in total. The number of hydrogen-bond donors (Lipinski definition) is 0. The molecular formula is C23H37NO4Si. The van der Waals surface area contributed by atoms with Gasteiger partial charge in [0.25, 0.3) is 0 Å². The molecule has 1 aliphatic rings. The molecule has 0 aliphatic carbocycles. The lowest BCUT2D eigenvalue weighted by molar-refractivity contribution is -0.130. The second-order valence-corrected chi connectivity index (χ2v) is 12.7.